The first kappa shape index (κ1) is 21.0. The number of carbonyl (C=O) groups is 2. The number of nitrogens with one attached hydrogen (secondary N) is 3. The first-order chi connectivity index (χ1) is 12.8. The molecule has 0 spiro atoms. The van der Waals surface area contributed by atoms with Crippen molar-refractivity contribution in [2.45, 2.75) is 45.2 Å². The lowest BCUT2D eigenvalue weighted by atomic mass is 10.0. The van der Waals surface area contributed by atoms with E-state index in [1.165, 1.54) is 0 Å². The number of hydrogen-bond donors (Lipinski definition) is 3. The molecule has 1 saturated heterocycles. The van der Waals surface area contributed by atoms with E-state index < -0.39 is 0 Å². The summed E-state index contributed by atoms with van der Waals surface area (Å²) in [6, 6.07) is 7.66. The number of methoxy groups -OCH3 is 1. The second-order valence-corrected chi connectivity index (χ2v) is 7.88. The average Bonchev–Trinajstić information content (AvgIpc) is 2.61. The highest BCUT2D eigenvalue weighted by molar-refractivity contribution is 5.99. The van der Waals surface area contributed by atoms with Crippen molar-refractivity contribution in [1.82, 2.24) is 16.0 Å². The molecule has 0 saturated carbocycles. The molecule has 0 aromatic heterocycles. The van der Waals surface area contributed by atoms with Gasteiger partial charge in [-0.1, -0.05) is 12.1 Å². The number of hydrogen-bond acceptors (Lipinski definition) is 4. The molecule has 1 aliphatic rings. The fourth-order valence-corrected chi connectivity index (χ4v) is 3.13. The first-order valence-electron chi connectivity index (χ1n) is 9.50. The Balaban J connectivity index is 1.92. The number of rotatable bonds is 6. The summed E-state index contributed by atoms with van der Waals surface area (Å²) in [7, 11) is 1.61. The van der Waals surface area contributed by atoms with Crippen molar-refractivity contribution in [2.24, 2.45) is 0 Å². The molecular formula is C20H32N4O3. The molecule has 2 rings (SSSR count). The topological polar surface area (TPSA) is 82.7 Å². The minimum absolute atomic E-state index is 0.0903. The van der Waals surface area contributed by atoms with E-state index in [1.807, 2.05) is 45.0 Å². The van der Waals surface area contributed by atoms with E-state index in [2.05, 4.69) is 20.9 Å². The highest BCUT2D eigenvalue weighted by Gasteiger charge is 2.24. The number of nitrogens with zero attached hydrogens (tertiary/aromatic N) is 1. The molecule has 7 nitrogen and oxygen atoms in total. The average molecular weight is 377 g/mol. The van der Waals surface area contributed by atoms with Crippen molar-refractivity contribution in [2.75, 3.05) is 38.3 Å². The minimum Gasteiger partial charge on any atom is -0.383 e. The van der Waals surface area contributed by atoms with Crippen LogP contribution in [0.2, 0.25) is 0 Å². The number of amides is 3. The van der Waals surface area contributed by atoms with Crippen LogP contribution in [0.3, 0.4) is 0 Å². The van der Waals surface area contributed by atoms with Crippen LogP contribution in [0.15, 0.2) is 24.3 Å². The molecule has 1 heterocycles. The second-order valence-electron chi connectivity index (χ2n) is 7.88. The molecule has 1 aromatic carbocycles. The normalized spacial score (nSPS) is 15.3. The van der Waals surface area contributed by atoms with Gasteiger partial charge in [0.15, 0.2) is 0 Å². The number of anilines is 1. The van der Waals surface area contributed by atoms with Crippen molar-refractivity contribution in [3.05, 3.63) is 29.8 Å². The van der Waals surface area contributed by atoms with Gasteiger partial charge in [0, 0.05) is 44.0 Å². The molecule has 0 bridgehead atoms. The fourth-order valence-electron chi connectivity index (χ4n) is 3.13. The Bertz CT molecular complexity index is 634. The zero-order chi connectivity index (χ0) is 19.9. The SMILES string of the molecule is COCCNC(=O)c1ccccc1N1CCC(NC(=O)NC(C)(C)C)CC1. The second kappa shape index (κ2) is 9.60. The van der Waals surface area contributed by atoms with Crippen molar-refractivity contribution < 1.29 is 14.3 Å². The summed E-state index contributed by atoms with van der Waals surface area (Å²) in [5.74, 6) is -0.0903. The number of para-hydroxylation sites is 1. The molecule has 0 aliphatic carbocycles. The quantitative estimate of drug-likeness (QED) is 0.664. The Kier molecular flexibility index (Phi) is 7.47. The standard InChI is InChI=1S/C20H32N4O3/c1-20(2,3)23-19(26)22-15-9-12-24(13-10-15)17-8-6-5-7-16(17)18(25)21-11-14-27-4/h5-8,15H,9-14H2,1-4H3,(H,21,25)(H2,22,23,26). The lowest BCUT2D eigenvalue weighted by Gasteiger charge is -2.35. The summed E-state index contributed by atoms with van der Waals surface area (Å²) < 4.78 is 4.98. The third kappa shape index (κ3) is 6.75. The maximum Gasteiger partial charge on any atom is 0.315 e. The van der Waals surface area contributed by atoms with Crippen LogP contribution in [-0.4, -0.2) is 56.9 Å². The molecule has 3 N–H and O–H groups in total. The van der Waals surface area contributed by atoms with E-state index in [-0.39, 0.29) is 23.5 Å². The van der Waals surface area contributed by atoms with E-state index in [0.29, 0.717) is 18.7 Å². The molecule has 27 heavy (non-hydrogen) atoms. The van der Waals surface area contributed by atoms with Crippen LogP contribution >= 0.6 is 0 Å². The first-order valence-corrected chi connectivity index (χ1v) is 9.50. The molecule has 150 valence electrons. The van der Waals surface area contributed by atoms with E-state index in [9.17, 15) is 9.59 Å². The third-order valence-electron chi connectivity index (χ3n) is 4.40. The van der Waals surface area contributed by atoms with Crippen LogP contribution in [0.5, 0.6) is 0 Å². The van der Waals surface area contributed by atoms with Crippen LogP contribution in [0.1, 0.15) is 44.0 Å². The molecular weight excluding hydrogens is 344 g/mol. The minimum atomic E-state index is -0.250. The Morgan fingerprint density at radius 1 is 1.19 bits per heavy atom. The number of ether oxygens (including phenoxy) is 1. The van der Waals surface area contributed by atoms with Crippen LogP contribution < -0.4 is 20.9 Å². The summed E-state index contributed by atoms with van der Waals surface area (Å²) in [6.07, 6.45) is 1.69. The highest BCUT2D eigenvalue weighted by Crippen LogP contribution is 2.24. The monoisotopic (exact) mass is 376 g/mol. The van der Waals surface area contributed by atoms with E-state index >= 15 is 0 Å². The maximum absolute atomic E-state index is 12.5. The van der Waals surface area contributed by atoms with Gasteiger partial charge in [0.2, 0.25) is 0 Å². The summed E-state index contributed by atoms with van der Waals surface area (Å²) in [5.41, 5.74) is 1.36. The summed E-state index contributed by atoms with van der Waals surface area (Å²) in [5, 5.41) is 8.86. The summed E-state index contributed by atoms with van der Waals surface area (Å²) >= 11 is 0. The van der Waals surface area contributed by atoms with Gasteiger partial charge in [-0.05, 0) is 45.7 Å². The number of piperidine rings is 1. The van der Waals surface area contributed by atoms with Crippen molar-refractivity contribution >= 4 is 17.6 Å². The highest BCUT2D eigenvalue weighted by atomic mass is 16.5. The van der Waals surface area contributed by atoms with Gasteiger partial charge < -0.3 is 25.6 Å². The van der Waals surface area contributed by atoms with Gasteiger partial charge in [0.05, 0.1) is 12.2 Å². The third-order valence-corrected chi connectivity index (χ3v) is 4.40. The molecule has 1 aromatic rings. The van der Waals surface area contributed by atoms with Crippen molar-refractivity contribution in [3.63, 3.8) is 0 Å². The van der Waals surface area contributed by atoms with E-state index in [0.717, 1.165) is 31.6 Å². The maximum atomic E-state index is 12.5. The summed E-state index contributed by atoms with van der Waals surface area (Å²) in [4.78, 5) is 26.7. The Hall–Kier alpha value is -2.28. The van der Waals surface area contributed by atoms with Gasteiger partial charge in [-0.2, -0.15) is 0 Å². The number of urea groups is 1. The van der Waals surface area contributed by atoms with Crippen LogP contribution in [0.4, 0.5) is 10.5 Å². The van der Waals surface area contributed by atoms with Gasteiger partial charge in [0.1, 0.15) is 0 Å². The predicted octanol–water partition coefficient (Wildman–Crippen LogP) is 2.13. The zero-order valence-corrected chi connectivity index (χ0v) is 16.8. The lowest BCUT2D eigenvalue weighted by molar-refractivity contribution is 0.0937. The van der Waals surface area contributed by atoms with E-state index in [4.69, 9.17) is 4.74 Å². The van der Waals surface area contributed by atoms with Gasteiger partial charge in [-0.3, -0.25) is 4.79 Å². The lowest BCUT2D eigenvalue weighted by Crippen LogP contribution is -2.52. The molecule has 0 radical (unpaired) electrons. The fraction of sp³-hybridized carbons (Fsp3) is 0.600. The number of benzene rings is 1. The summed E-state index contributed by atoms with van der Waals surface area (Å²) in [6.45, 7) is 8.45. The molecule has 3 amide bonds. The van der Waals surface area contributed by atoms with Crippen LogP contribution in [-0.2, 0) is 4.74 Å². The molecule has 1 aliphatic heterocycles. The predicted molar refractivity (Wildman–Crippen MR) is 107 cm³/mol. The largest absolute Gasteiger partial charge is 0.383 e. The van der Waals surface area contributed by atoms with Gasteiger partial charge in [-0.25, -0.2) is 4.79 Å². The van der Waals surface area contributed by atoms with Crippen LogP contribution in [0, 0.1) is 0 Å². The van der Waals surface area contributed by atoms with Crippen LogP contribution in [0.25, 0.3) is 0 Å². The zero-order valence-electron chi connectivity index (χ0n) is 16.8. The number of carbonyl (C=O) groups excluding carboxylic acids is 2. The van der Waals surface area contributed by atoms with Gasteiger partial charge in [-0.15, -0.1) is 0 Å². The Morgan fingerprint density at radius 3 is 2.48 bits per heavy atom. The van der Waals surface area contributed by atoms with Gasteiger partial charge >= 0.3 is 6.03 Å². The Labute approximate surface area is 161 Å². The molecule has 1 fully saturated rings. The molecule has 0 unspecified atom stereocenters. The smallest absolute Gasteiger partial charge is 0.315 e. The van der Waals surface area contributed by atoms with Gasteiger partial charge in [0.25, 0.3) is 5.91 Å². The van der Waals surface area contributed by atoms with Crippen molar-refractivity contribution in [1.29, 1.82) is 0 Å². The molecule has 7 heteroatoms. The molecule has 0 atom stereocenters. The Morgan fingerprint density at radius 2 is 1.85 bits per heavy atom. The van der Waals surface area contributed by atoms with E-state index in [1.54, 1.807) is 7.11 Å². The van der Waals surface area contributed by atoms with Crippen molar-refractivity contribution in [3.8, 4) is 0 Å².